The van der Waals surface area contributed by atoms with Crippen molar-refractivity contribution >= 4 is 39.1 Å². The van der Waals surface area contributed by atoms with Crippen molar-refractivity contribution in [2.24, 2.45) is 0 Å². The summed E-state index contributed by atoms with van der Waals surface area (Å²) >= 11 is 9.46. The van der Waals surface area contributed by atoms with Crippen LogP contribution in [0.2, 0.25) is 5.02 Å². The second kappa shape index (κ2) is 7.77. The van der Waals surface area contributed by atoms with E-state index in [9.17, 15) is 4.79 Å². The molecule has 0 saturated carbocycles. The van der Waals surface area contributed by atoms with Gasteiger partial charge >= 0.3 is 0 Å². The fourth-order valence-corrected chi connectivity index (χ4v) is 2.83. The van der Waals surface area contributed by atoms with Crippen molar-refractivity contribution < 1.29 is 19.0 Å². The molecule has 0 unspecified atom stereocenters. The largest absolute Gasteiger partial charge is 0.495 e. The standard InChI is InChI=1S/C17H17BrClNO4/c1-9-5-12(13(22-2)8-11(9)19)20-17(21)10-6-14(23-3)16(18)15(7-10)24-4/h5-8H,1-4H3,(H,20,21). The number of carbonyl (C=O) groups is 1. The molecule has 0 fully saturated rings. The second-order valence-electron chi connectivity index (χ2n) is 4.95. The van der Waals surface area contributed by atoms with Gasteiger partial charge in [-0.3, -0.25) is 4.79 Å². The maximum atomic E-state index is 12.6. The molecular weight excluding hydrogens is 398 g/mol. The van der Waals surface area contributed by atoms with Crippen molar-refractivity contribution in [3.63, 3.8) is 0 Å². The maximum absolute atomic E-state index is 12.6. The van der Waals surface area contributed by atoms with Crippen LogP contribution < -0.4 is 19.5 Å². The predicted molar refractivity (Wildman–Crippen MR) is 97.9 cm³/mol. The summed E-state index contributed by atoms with van der Waals surface area (Å²) in [6, 6.07) is 6.66. The van der Waals surface area contributed by atoms with Crippen LogP contribution in [0.25, 0.3) is 0 Å². The van der Waals surface area contributed by atoms with E-state index in [1.54, 1.807) is 24.3 Å². The summed E-state index contributed by atoms with van der Waals surface area (Å²) < 4.78 is 16.4. The zero-order valence-corrected chi connectivity index (χ0v) is 16.0. The van der Waals surface area contributed by atoms with Gasteiger partial charge in [-0.1, -0.05) is 11.6 Å². The van der Waals surface area contributed by atoms with Crippen molar-refractivity contribution in [1.82, 2.24) is 0 Å². The third kappa shape index (κ3) is 3.76. The van der Waals surface area contributed by atoms with Crippen LogP contribution in [-0.2, 0) is 0 Å². The van der Waals surface area contributed by atoms with Crippen LogP contribution in [0, 0.1) is 6.92 Å². The highest BCUT2D eigenvalue weighted by atomic mass is 79.9. The molecule has 24 heavy (non-hydrogen) atoms. The molecule has 0 spiro atoms. The number of hydrogen-bond acceptors (Lipinski definition) is 4. The van der Waals surface area contributed by atoms with E-state index in [1.165, 1.54) is 21.3 Å². The summed E-state index contributed by atoms with van der Waals surface area (Å²) in [6.45, 7) is 1.85. The normalized spacial score (nSPS) is 10.2. The lowest BCUT2D eigenvalue weighted by Crippen LogP contribution is -2.13. The minimum atomic E-state index is -0.320. The maximum Gasteiger partial charge on any atom is 0.256 e. The number of halogens is 2. The van der Waals surface area contributed by atoms with E-state index in [2.05, 4.69) is 21.2 Å². The molecule has 0 radical (unpaired) electrons. The number of benzene rings is 2. The highest BCUT2D eigenvalue weighted by molar-refractivity contribution is 9.10. The Hall–Kier alpha value is -1.92. The number of amides is 1. The topological polar surface area (TPSA) is 56.8 Å². The third-order valence-electron chi connectivity index (χ3n) is 3.44. The highest BCUT2D eigenvalue weighted by Crippen LogP contribution is 2.36. The first-order valence-electron chi connectivity index (χ1n) is 6.98. The minimum Gasteiger partial charge on any atom is -0.495 e. The molecule has 7 heteroatoms. The Balaban J connectivity index is 2.39. The van der Waals surface area contributed by atoms with Crippen molar-refractivity contribution in [1.29, 1.82) is 0 Å². The third-order valence-corrected chi connectivity index (χ3v) is 4.63. The van der Waals surface area contributed by atoms with E-state index in [4.69, 9.17) is 25.8 Å². The molecule has 1 amide bonds. The fourth-order valence-electron chi connectivity index (χ4n) is 2.12. The molecule has 5 nitrogen and oxygen atoms in total. The molecule has 2 aromatic carbocycles. The Morgan fingerprint density at radius 3 is 2.04 bits per heavy atom. The number of nitrogens with one attached hydrogen (secondary N) is 1. The van der Waals surface area contributed by atoms with Gasteiger partial charge in [-0.15, -0.1) is 0 Å². The van der Waals surface area contributed by atoms with Crippen molar-refractivity contribution in [2.75, 3.05) is 26.6 Å². The zero-order chi connectivity index (χ0) is 17.9. The second-order valence-corrected chi connectivity index (χ2v) is 6.15. The Kier molecular flexibility index (Phi) is 5.96. The number of rotatable bonds is 5. The Morgan fingerprint density at radius 1 is 1.00 bits per heavy atom. The fraction of sp³-hybridized carbons (Fsp3) is 0.235. The summed E-state index contributed by atoms with van der Waals surface area (Å²) in [5.74, 6) is 1.16. The van der Waals surface area contributed by atoms with Gasteiger partial charge in [0.05, 0.1) is 27.0 Å². The number of ether oxygens (including phenoxy) is 3. The van der Waals surface area contributed by atoms with Crippen LogP contribution in [0.3, 0.4) is 0 Å². The Morgan fingerprint density at radius 2 is 1.54 bits per heavy atom. The SMILES string of the molecule is COc1cc(Cl)c(C)cc1NC(=O)c1cc(OC)c(Br)c(OC)c1. The lowest BCUT2D eigenvalue weighted by atomic mass is 10.1. The lowest BCUT2D eigenvalue weighted by Gasteiger charge is -2.14. The van der Waals surface area contributed by atoms with E-state index >= 15 is 0 Å². The van der Waals surface area contributed by atoms with E-state index < -0.39 is 0 Å². The lowest BCUT2D eigenvalue weighted by molar-refractivity contribution is 0.102. The predicted octanol–water partition coefficient (Wildman–Crippen LogP) is 4.69. The number of carbonyl (C=O) groups excluding carboxylic acids is 1. The minimum absolute atomic E-state index is 0.320. The molecule has 0 aliphatic heterocycles. The first kappa shape index (κ1) is 18.4. The van der Waals surface area contributed by atoms with Gasteiger partial charge in [0.2, 0.25) is 0 Å². The van der Waals surface area contributed by atoms with Crippen molar-refractivity contribution in [3.8, 4) is 17.2 Å². The molecule has 1 N–H and O–H groups in total. The molecule has 128 valence electrons. The summed E-state index contributed by atoms with van der Waals surface area (Å²) in [5, 5.41) is 3.39. The summed E-state index contributed by atoms with van der Waals surface area (Å²) in [5.41, 5.74) is 1.76. The van der Waals surface area contributed by atoms with Gasteiger partial charge < -0.3 is 19.5 Å². The average molecular weight is 415 g/mol. The van der Waals surface area contributed by atoms with Crippen LogP contribution >= 0.6 is 27.5 Å². The van der Waals surface area contributed by atoms with Gasteiger partial charge in [0.1, 0.15) is 21.7 Å². The number of hydrogen-bond donors (Lipinski definition) is 1. The van der Waals surface area contributed by atoms with Crippen LogP contribution in [0.4, 0.5) is 5.69 Å². The summed E-state index contributed by atoms with van der Waals surface area (Å²) in [7, 11) is 4.56. The molecule has 0 bridgehead atoms. The quantitative estimate of drug-likeness (QED) is 0.771. The van der Waals surface area contributed by atoms with Crippen LogP contribution in [0.15, 0.2) is 28.7 Å². The Bertz CT molecular complexity index is 754. The summed E-state index contributed by atoms with van der Waals surface area (Å²) in [4.78, 5) is 12.6. The van der Waals surface area contributed by atoms with Crippen molar-refractivity contribution in [2.45, 2.75) is 6.92 Å². The molecule has 0 heterocycles. The molecule has 0 atom stereocenters. The van der Waals surface area contributed by atoms with Gasteiger partial charge in [0.15, 0.2) is 0 Å². The van der Waals surface area contributed by atoms with Gasteiger partial charge in [-0.25, -0.2) is 0 Å². The molecule has 2 aromatic rings. The zero-order valence-electron chi connectivity index (χ0n) is 13.7. The molecular formula is C17H17BrClNO4. The number of anilines is 1. The van der Waals surface area contributed by atoms with E-state index in [-0.39, 0.29) is 5.91 Å². The van der Waals surface area contributed by atoms with Gasteiger partial charge in [-0.05, 0) is 46.6 Å². The molecule has 0 aliphatic rings. The van der Waals surface area contributed by atoms with Crippen LogP contribution in [0.5, 0.6) is 17.2 Å². The first-order chi connectivity index (χ1) is 11.4. The van der Waals surface area contributed by atoms with Crippen molar-refractivity contribution in [3.05, 3.63) is 44.9 Å². The molecule has 0 saturated heterocycles. The Labute approximate surface area is 154 Å². The van der Waals surface area contributed by atoms with Crippen LogP contribution in [-0.4, -0.2) is 27.2 Å². The monoisotopic (exact) mass is 413 g/mol. The van der Waals surface area contributed by atoms with Gasteiger partial charge in [0, 0.05) is 16.7 Å². The van der Waals surface area contributed by atoms with Crippen LogP contribution in [0.1, 0.15) is 15.9 Å². The molecule has 0 aromatic heterocycles. The van der Waals surface area contributed by atoms with E-state index in [1.807, 2.05) is 6.92 Å². The average Bonchev–Trinajstić information content (AvgIpc) is 2.57. The number of aryl methyl sites for hydroxylation is 1. The summed E-state index contributed by atoms with van der Waals surface area (Å²) in [6.07, 6.45) is 0. The number of methoxy groups -OCH3 is 3. The van der Waals surface area contributed by atoms with E-state index in [0.717, 1.165) is 5.56 Å². The highest BCUT2D eigenvalue weighted by Gasteiger charge is 2.16. The van der Waals surface area contributed by atoms with E-state index in [0.29, 0.717) is 38.0 Å². The van der Waals surface area contributed by atoms with Gasteiger partial charge in [-0.2, -0.15) is 0 Å². The molecule has 0 aliphatic carbocycles. The first-order valence-corrected chi connectivity index (χ1v) is 8.15. The molecule has 2 rings (SSSR count). The smallest absolute Gasteiger partial charge is 0.256 e. The van der Waals surface area contributed by atoms with Gasteiger partial charge in [0.25, 0.3) is 5.91 Å².